The van der Waals surface area contributed by atoms with Crippen LogP contribution in [0.3, 0.4) is 0 Å². The van der Waals surface area contributed by atoms with E-state index in [-0.39, 0.29) is 21.5 Å². The van der Waals surface area contributed by atoms with Gasteiger partial charge in [-0.3, -0.25) is 0 Å². The van der Waals surface area contributed by atoms with Crippen LogP contribution in [0.1, 0.15) is 50.7 Å². The predicted octanol–water partition coefficient (Wildman–Crippen LogP) is 4.18. The second-order valence-electron chi connectivity index (χ2n) is 6.23. The molecule has 0 radical (unpaired) electrons. The van der Waals surface area contributed by atoms with E-state index in [0.29, 0.717) is 11.5 Å². The molecular weight excluding hydrogens is 312 g/mol. The second kappa shape index (κ2) is 6.24. The van der Waals surface area contributed by atoms with E-state index in [2.05, 4.69) is 0 Å². The number of phenolic OH excluding ortho intramolecular Hbond substituents is 2. The summed E-state index contributed by atoms with van der Waals surface area (Å²) in [6, 6.07) is 9.45. The van der Waals surface area contributed by atoms with Crippen LogP contribution in [0.25, 0.3) is 0 Å². The zero-order chi connectivity index (χ0) is 17.4. The Hall–Kier alpha value is -2.01. The zero-order valence-electron chi connectivity index (χ0n) is 13.7. The molecule has 0 amide bonds. The quantitative estimate of drug-likeness (QED) is 0.823. The summed E-state index contributed by atoms with van der Waals surface area (Å²) in [5.41, 5.74) is 1.54. The Morgan fingerprint density at radius 1 is 0.783 bits per heavy atom. The van der Waals surface area contributed by atoms with Crippen molar-refractivity contribution in [1.82, 2.24) is 0 Å². The minimum Gasteiger partial charge on any atom is -0.504 e. The molecule has 0 aliphatic carbocycles. The summed E-state index contributed by atoms with van der Waals surface area (Å²) in [7, 11) is -3.89. The molecule has 0 aliphatic rings. The number of aromatic hydroxyl groups is 2. The molecule has 5 heteroatoms. The van der Waals surface area contributed by atoms with Crippen molar-refractivity contribution in [3.05, 3.63) is 47.5 Å². The van der Waals surface area contributed by atoms with Crippen LogP contribution in [0, 0.1) is 0 Å². The molecule has 4 nitrogen and oxygen atoms in total. The number of rotatable bonds is 4. The highest BCUT2D eigenvalue weighted by Crippen LogP contribution is 2.40. The molecule has 0 heterocycles. The molecule has 0 bridgehead atoms. The summed E-state index contributed by atoms with van der Waals surface area (Å²) in [4.78, 5) is -0.189. The molecular formula is C18H22O4S. The molecule has 0 unspecified atom stereocenters. The average Bonchev–Trinajstić information content (AvgIpc) is 2.49. The van der Waals surface area contributed by atoms with E-state index in [0.717, 1.165) is 5.56 Å². The predicted molar refractivity (Wildman–Crippen MR) is 89.8 cm³/mol. The number of benzene rings is 2. The minimum absolute atomic E-state index is 0.0250. The third kappa shape index (κ3) is 3.20. The maximum atomic E-state index is 12.7. The van der Waals surface area contributed by atoms with Crippen LogP contribution in [0.15, 0.2) is 46.2 Å². The molecule has 0 saturated heterocycles. The largest absolute Gasteiger partial charge is 0.504 e. The molecule has 124 valence electrons. The molecule has 2 aromatic carbocycles. The fourth-order valence-corrected chi connectivity index (χ4v) is 3.77. The highest BCUT2D eigenvalue weighted by atomic mass is 32.2. The van der Waals surface area contributed by atoms with Gasteiger partial charge in [-0.15, -0.1) is 0 Å². The first-order chi connectivity index (χ1) is 10.7. The minimum atomic E-state index is -3.89. The van der Waals surface area contributed by atoms with Crippen LogP contribution < -0.4 is 0 Å². The average molecular weight is 334 g/mol. The first-order valence-corrected chi connectivity index (χ1v) is 9.04. The molecule has 2 rings (SSSR count). The van der Waals surface area contributed by atoms with E-state index in [1.807, 2.05) is 27.7 Å². The van der Waals surface area contributed by atoms with Crippen LogP contribution in [0.4, 0.5) is 0 Å². The fraction of sp³-hybridized carbons (Fsp3) is 0.333. The van der Waals surface area contributed by atoms with Gasteiger partial charge in [0.15, 0.2) is 11.5 Å². The molecule has 2 aromatic rings. The van der Waals surface area contributed by atoms with Gasteiger partial charge < -0.3 is 10.2 Å². The fourth-order valence-electron chi connectivity index (χ4n) is 2.42. The Labute approximate surface area is 137 Å². The number of phenols is 2. The number of hydrogen-bond acceptors (Lipinski definition) is 4. The summed E-state index contributed by atoms with van der Waals surface area (Å²) >= 11 is 0. The normalized spacial score (nSPS) is 12.1. The Morgan fingerprint density at radius 3 is 1.83 bits per heavy atom. The Kier molecular flexibility index (Phi) is 4.71. The molecule has 2 N–H and O–H groups in total. The van der Waals surface area contributed by atoms with E-state index in [4.69, 9.17) is 0 Å². The summed E-state index contributed by atoms with van der Waals surface area (Å²) in [5.74, 6) is -0.693. The van der Waals surface area contributed by atoms with Crippen LogP contribution in [0.2, 0.25) is 0 Å². The van der Waals surface area contributed by atoms with Crippen molar-refractivity contribution in [3.63, 3.8) is 0 Å². The van der Waals surface area contributed by atoms with Crippen LogP contribution in [-0.2, 0) is 9.84 Å². The highest BCUT2D eigenvalue weighted by Gasteiger charge is 2.25. The summed E-state index contributed by atoms with van der Waals surface area (Å²) in [6.45, 7) is 7.76. The van der Waals surface area contributed by atoms with Gasteiger partial charge in [-0.1, -0.05) is 45.9 Å². The number of sulfone groups is 1. The Balaban J connectivity index is 2.54. The molecule has 0 aliphatic heterocycles. The van der Waals surface area contributed by atoms with Gasteiger partial charge in [0.05, 0.1) is 4.90 Å². The van der Waals surface area contributed by atoms with Gasteiger partial charge in [0.25, 0.3) is 0 Å². The number of hydrogen-bond donors (Lipinski definition) is 2. The molecule has 23 heavy (non-hydrogen) atoms. The standard InChI is InChI=1S/C18H22O4S/c1-11(2)13-5-7-14(8-6-13)23(21,22)16-10-9-15(12(3)4)17(19)18(16)20/h5-12,19-20H,1-4H3. The monoisotopic (exact) mass is 334 g/mol. The van der Waals surface area contributed by atoms with Crippen LogP contribution in [-0.4, -0.2) is 18.6 Å². The van der Waals surface area contributed by atoms with E-state index >= 15 is 0 Å². The summed E-state index contributed by atoms with van der Waals surface area (Å²) in [5, 5.41) is 20.2. The lowest BCUT2D eigenvalue weighted by atomic mass is 10.0. The second-order valence-corrected chi connectivity index (χ2v) is 8.15. The van der Waals surface area contributed by atoms with Crippen molar-refractivity contribution in [1.29, 1.82) is 0 Å². The van der Waals surface area contributed by atoms with E-state index in [1.165, 1.54) is 24.3 Å². The lowest BCUT2D eigenvalue weighted by Crippen LogP contribution is -2.04. The molecule has 0 spiro atoms. The summed E-state index contributed by atoms with van der Waals surface area (Å²) < 4.78 is 25.4. The SMILES string of the molecule is CC(C)c1ccc(S(=O)(=O)c2ccc(C(C)C)c(O)c2O)cc1. The van der Waals surface area contributed by atoms with Crippen molar-refractivity contribution in [2.45, 2.75) is 49.3 Å². The van der Waals surface area contributed by atoms with Crippen molar-refractivity contribution < 1.29 is 18.6 Å². The third-order valence-corrected chi connectivity index (χ3v) is 5.72. The van der Waals surface area contributed by atoms with Crippen molar-refractivity contribution in [2.24, 2.45) is 0 Å². The van der Waals surface area contributed by atoms with Gasteiger partial charge in [0.1, 0.15) is 4.90 Å². The zero-order valence-corrected chi connectivity index (χ0v) is 14.6. The van der Waals surface area contributed by atoms with Crippen LogP contribution in [0.5, 0.6) is 11.5 Å². The van der Waals surface area contributed by atoms with Gasteiger partial charge in [-0.05, 0) is 35.6 Å². The topological polar surface area (TPSA) is 74.6 Å². The smallest absolute Gasteiger partial charge is 0.210 e. The Morgan fingerprint density at radius 2 is 1.35 bits per heavy atom. The maximum absolute atomic E-state index is 12.7. The van der Waals surface area contributed by atoms with Crippen molar-refractivity contribution >= 4 is 9.84 Å². The van der Waals surface area contributed by atoms with Crippen molar-refractivity contribution in [2.75, 3.05) is 0 Å². The van der Waals surface area contributed by atoms with Gasteiger partial charge >= 0.3 is 0 Å². The lowest BCUT2D eigenvalue weighted by Gasteiger charge is -2.14. The lowest BCUT2D eigenvalue weighted by molar-refractivity contribution is 0.387. The maximum Gasteiger partial charge on any atom is 0.210 e. The van der Waals surface area contributed by atoms with E-state index in [9.17, 15) is 18.6 Å². The van der Waals surface area contributed by atoms with E-state index in [1.54, 1.807) is 12.1 Å². The first kappa shape index (κ1) is 17.3. The van der Waals surface area contributed by atoms with Gasteiger partial charge in [0.2, 0.25) is 9.84 Å². The van der Waals surface area contributed by atoms with Crippen molar-refractivity contribution in [3.8, 4) is 11.5 Å². The third-order valence-electron chi connectivity index (χ3n) is 3.91. The highest BCUT2D eigenvalue weighted by molar-refractivity contribution is 7.91. The molecule has 0 saturated carbocycles. The van der Waals surface area contributed by atoms with E-state index < -0.39 is 15.6 Å². The molecule has 0 atom stereocenters. The summed E-state index contributed by atoms with van der Waals surface area (Å²) in [6.07, 6.45) is 0. The van der Waals surface area contributed by atoms with Gasteiger partial charge in [-0.2, -0.15) is 0 Å². The van der Waals surface area contributed by atoms with Gasteiger partial charge in [0, 0.05) is 5.56 Å². The Bertz CT molecular complexity index is 804. The molecule has 0 aromatic heterocycles. The van der Waals surface area contributed by atoms with Crippen LogP contribution >= 0.6 is 0 Å². The molecule has 0 fully saturated rings. The van der Waals surface area contributed by atoms with Gasteiger partial charge in [-0.25, -0.2) is 8.42 Å². The first-order valence-electron chi connectivity index (χ1n) is 7.56.